The number of benzene rings is 1. The summed E-state index contributed by atoms with van der Waals surface area (Å²) in [6.07, 6.45) is 2.43. The molecule has 24 heavy (non-hydrogen) atoms. The van der Waals surface area contributed by atoms with Gasteiger partial charge in [-0.1, -0.05) is 24.6 Å². The Labute approximate surface area is 146 Å². The molecule has 0 heterocycles. The van der Waals surface area contributed by atoms with Crippen LogP contribution in [0.1, 0.15) is 50.7 Å². The lowest BCUT2D eigenvalue weighted by Crippen LogP contribution is -2.14. The maximum absolute atomic E-state index is 13.9. The Bertz CT molecular complexity index is 714. The molecule has 2 rings (SSSR count). The monoisotopic (exact) mass is 350 g/mol. The van der Waals surface area contributed by atoms with Crippen molar-refractivity contribution in [3.05, 3.63) is 52.0 Å². The zero-order valence-electron chi connectivity index (χ0n) is 14.0. The summed E-state index contributed by atoms with van der Waals surface area (Å²) in [7, 11) is 0. The highest BCUT2D eigenvalue weighted by Gasteiger charge is 2.35. The van der Waals surface area contributed by atoms with Gasteiger partial charge in [0.05, 0.1) is 0 Å². The van der Waals surface area contributed by atoms with E-state index in [-0.39, 0.29) is 30.2 Å². The van der Waals surface area contributed by atoms with Crippen molar-refractivity contribution in [2.24, 2.45) is 0 Å². The van der Waals surface area contributed by atoms with Crippen LogP contribution in [-0.2, 0) is 16.0 Å². The minimum Gasteiger partial charge on any atom is -0.459 e. The number of ketones is 2. The zero-order chi connectivity index (χ0) is 17.9. The van der Waals surface area contributed by atoms with E-state index in [2.05, 4.69) is 0 Å². The average Bonchev–Trinajstić information content (AvgIpc) is 2.85. The van der Waals surface area contributed by atoms with Crippen molar-refractivity contribution in [1.82, 2.24) is 0 Å². The molecule has 1 aromatic rings. The molecule has 1 aliphatic rings. The molecule has 5 heteroatoms. The van der Waals surface area contributed by atoms with E-state index >= 15 is 0 Å². The first kappa shape index (κ1) is 18.4. The van der Waals surface area contributed by atoms with Crippen molar-refractivity contribution in [1.29, 1.82) is 0 Å². The summed E-state index contributed by atoms with van der Waals surface area (Å²) in [5.41, 5.74) is 1.59. The van der Waals surface area contributed by atoms with Gasteiger partial charge in [-0.3, -0.25) is 9.59 Å². The number of carbonyl (C=O) groups excluding carboxylic acids is 2. The lowest BCUT2D eigenvalue weighted by Gasteiger charge is -2.15. The van der Waals surface area contributed by atoms with E-state index in [1.54, 1.807) is 19.1 Å². The van der Waals surface area contributed by atoms with Crippen LogP contribution < -0.4 is 4.74 Å². The molecule has 0 aromatic heterocycles. The van der Waals surface area contributed by atoms with Crippen LogP contribution >= 0.6 is 11.6 Å². The van der Waals surface area contributed by atoms with Crippen LogP contribution in [0.2, 0.25) is 0 Å². The van der Waals surface area contributed by atoms with Crippen LogP contribution in [0.4, 0.5) is 4.39 Å². The Morgan fingerprint density at radius 2 is 1.92 bits per heavy atom. The largest absolute Gasteiger partial charge is 0.459 e. The van der Waals surface area contributed by atoms with Crippen molar-refractivity contribution in [2.75, 3.05) is 0 Å². The molecule has 0 spiro atoms. The number of aryl methyl sites for hydroxylation is 1. The maximum Gasteiger partial charge on any atom is 0.162 e. The third-order valence-corrected chi connectivity index (χ3v) is 4.11. The number of halogens is 2. The second kappa shape index (κ2) is 7.75. The predicted molar refractivity (Wildman–Crippen MR) is 91.9 cm³/mol. The van der Waals surface area contributed by atoms with Gasteiger partial charge in [0.15, 0.2) is 5.83 Å². The zero-order valence-corrected chi connectivity index (χ0v) is 14.7. The van der Waals surface area contributed by atoms with Gasteiger partial charge in [0.1, 0.15) is 29.0 Å². The molecule has 1 aliphatic carbocycles. The van der Waals surface area contributed by atoms with Gasteiger partial charge in [0.25, 0.3) is 0 Å². The van der Waals surface area contributed by atoms with Crippen molar-refractivity contribution >= 4 is 23.2 Å². The molecule has 128 valence electrons. The fraction of sp³-hybridized carbons (Fsp3) is 0.368. The van der Waals surface area contributed by atoms with Gasteiger partial charge in [-0.05, 0) is 49.6 Å². The smallest absolute Gasteiger partial charge is 0.162 e. The summed E-state index contributed by atoms with van der Waals surface area (Å²) in [6.45, 7) is 5.02. The molecule has 0 aliphatic heterocycles. The second-order valence-electron chi connectivity index (χ2n) is 5.82. The highest BCUT2D eigenvalue weighted by Crippen LogP contribution is 2.33. The van der Waals surface area contributed by atoms with Crippen LogP contribution in [0.15, 0.2) is 40.9 Å². The predicted octanol–water partition coefficient (Wildman–Crippen LogP) is 4.99. The summed E-state index contributed by atoms with van der Waals surface area (Å²) in [6, 6.07) is 5.19. The lowest BCUT2D eigenvalue weighted by molar-refractivity contribution is -0.123. The topological polar surface area (TPSA) is 43.4 Å². The van der Waals surface area contributed by atoms with E-state index in [0.717, 1.165) is 5.56 Å². The van der Waals surface area contributed by atoms with Gasteiger partial charge < -0.3 is 4.74 Å². The van der Waals surface area contributed by atoms with Gasteiger partial charge in [-0.2, -0.15) is 0 Å². The molecule has 0 radical (unpaired) electrons. The van der Waals surface area contributed by atoms with E-state index in [0.29, 0.717) is 22.8 Å². The molecule has 1 aromatic carbocycles. The van der Waals surface area contributed by atoms with Gasteiger partial charge in [-0.15, -0.1) is 0 Å². The highest BCUT2D eigenvalue weighted by molar-refractivity contribution is 6.29. The second-order valence-corrected chi connectivity index (χ2v) is 6.41. The van der Waals surface area contributed by atoms with Gasteiger partial charge >= 0.3 is 0 Å². The number of carbonyl (C=O) groups is 2. The molecule has 0 bridgehead atoms. The first-order valence-electron chi connectivity index (χ1n) is 7.89. The molecule has 0 saturated heterocycles. The summed E-state index contributed by atoms with van der Waals surface area (Å²) >= 11 is 5.66. The number of allylic oxidation sites excluding steroid dienone is 4. The molecule has 0 unspecified atom stereocenters. The summed E-state index contributed by atoms with van der Waals surface area (Å²) in [4.78, 5) is 24.1. The Morgan fingerprint density at radius 1 is 1.29 bits per heavy atom. The van der Waals surface area contributed by atoms with Crippen LogP contribution in [0.25, 0.3) is 0 Å². The van der Waals surface area contributed by atoms with E-state index in [1.807, 2.05) is 13.0 Å². The third kappa shape index (κ3) is 4.12. The summed E-state index contributed by atoms with van der Waals surface area (Å²) in [5.74, 6) is -0.964. The van der Waals surface area contributed by atoms with E-state index in [4.69, 9.17) is 16.3 Å². The minimum absolute atomic E-state index is 0.0639. The van der Waals surface area contributed by atoms with E-state index < -0.39 is 11.7 Å². The first-order valence-corrected chi connectivity index (χ1v) is 8.27. The standard InChI is InChI=1S/C19H20ClFO3/c1-4-13-5-6-14(24-12(3)16(21)9-11(2)20)10-15(13)19-17(22)7-8-18(19)23/h5-6,9-10,19H,4,7-8H2,1-3H3. The van der Waals surface area contributed by atoms with Crippen molar-refractivity contribution < 1.29 is 18.7 Å². The molecule has 0 amide bonds. The fourth-order valence-electron chi connectivity index (χ4n) is 2.79. The lowest BCUT2D eigenvalue weighted by atomic mass is 9.90. The van der Waals surface area contributed by atoms with Crippen molar-refractivity contribution in [3.63, 3.8) is 0 Å². The van der Waals surface area contributed by atoms with Crippen molar-refractivity contribution in [2.45, 2.75) is 46.0 Å². The Balaban J connectivity index is 2.37. The van der Waals surface area contributed by atoms with E-state index in [1.165, 1.54) is 13.0 Å². The van der Waals surface area contributed by atoms with Crippen LogP contribution in [0.3, 0.4) is 0 Å². The molecular formula is C19H20ClFO3. The molecule has 1 saturated carbocycles. The van der Waals surface area contributed by atoms with E-state index in [9.17, 15) is 14.0 Å². The quantitative estimate of drug-likeness (QED) is 0.427. The molecule has 1 fully saturated rings. The number of hydrogen-bond acceptors (Lipinski definition) is 3. The van der Waals surface area contributed by atoms with Gasteiger partial charge in [0.2, 0.25) is 0 Å². The fourth-order valence-corrected chi connectivity index (χ4v) is 2.89. The van der Waals surface area contributed by atoms with Crippen LogP contribution in [-0.4, -0.2) is 11.6 Å². The SMILES string of the molecule is CCc1ccc(OC(C)=C(F)C=C(C)Cl)cc1C1C(=O)CCC1=O. The average molecular weight is 351 g/mol. The highest BCUT2D eigenvalue weighted by atomic mass is 35.5. The molecule has 0 N–H and O–H groups in total. The number of ether oxygens (including phenoxy) is 1. The van der Waals surface area contributed by atoms with Gasteiger partial charge in [0, 0.05) is 17.9 Å². The molecule has 3 nitrogen and oxygen atoms in total. The third-order valence-electron chi connectivity index (χ3n) is 4.00. The van der Waals surface area contributed by atoms with Crippen LogP contribution in [0.5, 0.6) is 5.75 Å². The van der Waals surface area contributed by atoms with Gasteiger partial charge in [-0.25, -0.2) is 4.39 Å². The minimum atomic E-state index is -0.720. The Hall–Kier alpha value is -1.94. The molecular weight excluding hydrogens is 331 g/mol. The molecule has 0 atom stereocenters. The summed E-state index contributed by atoms with van der Waals surface area (Å²) in [5, 5.41) is 0.305. The maximum atomic E-state index is 13.9. The van der Waals surface area contributed by atoms with Crippen LogP contribution in [0, 0.1) is 0 Å². The first-order chi connectivity index (χ1) is 11.3. The number of Topliss-reactive ketones (excluding diaryl/α,β-unsaturated/α-hetero) is 2. The number of hydrogen-bond donors (Lipinski definition) is 0. The number of rotatable bonds is 5. The summed E-state index contributed by atoms with van der Waals surface area (Å²) < 4.78 is 19.4. The van der Waals surface area contributed by atoms with Crippen molar-refractivity contribution in [3.8, 4) is 5.75 Å². The normalized spacial score (nSPS) is 17.3. The Morgan fingerprint density at radius 3 is 2.46 bits per heavy atom. The Kier molecular flexibility index (Phi) is 5.94.